The minimum atomic E-state index is -0.184. The maximum Gasteiger partial charge on any atom is 0.409 e. The van der Waals surface area contributed by atoms with Crippen LogP contribution in [0.25, 0.3) is 0 Å². The summed E-state index contributed by atoms with van der Waals surface area (Å²) in [5, 5.41) is 0.249. The summed E-state index contributed by atoms with van der Waals surface area (Å²) in [5.74, 6) is 0. The smallest absolute Gasteiger partial charge is 0.409 e. The highest BCUT2D eigenvalue weighted by atomic mass is 35.5. The lowest BCUT2D eigenvalue weighted by Crippen LogP contribution is -2.46. The zero-order chi connectivity index (χ0) is 9.42. The highest BCUT2D eigenvalue weighted by Crippen LogP contribution is 2.37. The molecule has 0 aromatic carbocycles. The van der Waals surface area contributed by atoms with Gasteiger partial charge in [0.2, 0.25) is 0 Å². The Kier molecular flexibility index (Phi) is 2.37. The van der Waals surface area contributed by atoms with Crippen LogP contribution in [-0.4, -0.2) is 35.6 Å². The first-order valence-corrected chi connectivity index (χ1v) is 5.16. The van der Waals surface area contributed by atoms with Crippen LogP contribution in [0.5, 0.6) is 0 Å². The average molecular weight is 204 g/mol. The maximum atomic E-state index is 11.4. The normalized spacial score (nSPS) is 37.7. The van der Waals surface area contributed by atoms with Gasteiger partial charge in [0.05, 0.1) is 7.11 Å². The molecule has 2 saturated heterocycles. The van der Waals surface area contributed by atoms with Crippen molar-refractivity contribution in [3.63, 3.8) is 0 Å². The van der Waals surface area contributed by atoms with E-state index in [0.29, 0.717) is 12.1 Å². The number of fused-ring (bicyclic) bond motifs is 2. The lowest BCUT2D eigenvalue weighted by molar-refractivity contribution is 0.0870. The van der Waals surface area contributed by atoms with Crippen LogP contribution in [0.2, 0.25) is 0 Å². The van der Waals surface area contributed by atoms with Crippen LogP contribution in [0.3, 0.4) is 0 Å². The predicted octanol–water partition coefficient (Wildman–Crippen LogP) is 1.99. The standard InChI is InChI=1S/C9H14ClNO2/c1-13-9(12)11-7-2-3-8(11)5-6(10)4-7/h6-8H,2-5H2,1H3. The molecular weight excluding hydrogens is 190 g/mol. The number of alkyl halides is 1. The van der Waals surface area contributed by atoms with E-state index in [-0.39, 0.29) is 11.5 Å². The number of rotatable bonds is 0. The lowest BCUT2D eigenvalue weighted by Gasteiger charge is -2.35. The number of ether oxygens (including phenoxy) is 1. The molecule has 0 spiro atoms. The number of amides is 1. The van der Waals surface area contributed by atoms with Crippen molar-refractivity contribution in [3.05, 3.63) is 0 Å². The number of methoxy groups -OCH3 is 1. The molecule has 0 N–H and O–H groups in total. The minimum absolute atomic E-state index is 0.184. The van der Waals surface area contributed by atoms with Gasteiger partial charge < -0.3 is 9.64 Å². The fourth-order valence-corrected chi connectivity index (χ4v) is 2.93. The molecule has 2 unspecified atom stereocenters. The fraction of sp³-hybridized carbons (Fsp3) is 0.889. The van der Waals surface area contributed by atoms with Gasteiger partial charge >= 0.3 is 6.09 Å². The molecule has 74 valence electrons. The molecule has 2 rings (SSSR count). The van der Waals surface area contributed by atoms with Crippen molar-refractivity contribution in [3.8, 4) is 0 Å². The quantitative estimate of drug-likeness (QED) is 0.564. The van der Waals surface area contributed by atoms with Crippen LogP contribution >= 0.6 is 11.6 Å². The van der Waals surface area contributed by atoms with Gasteiger partial charge in [-0.1, -0.05) is 0 Å². The molecule has 2 bridgehead atoms. The van der Waals surface area contributed by atoms with Crippen molar-refractivity contribution >= 4 is 17.7 Å². The molecule has 13 heavy (non-hydrogen) atoms. The molecule has 4 heteroatoms. The van der Waals surface area contributed by atoms with Crippen molar-refractivity contribution in [2.75, 3.05) is 7.11 Å². The molecule has 2 aliphatic heterocycles. The molecule has 0 saturated carbocycles. The van der Waals surface area contributed by atoms with Crippen molar-refractivity contribution < 1.29 is 9.53 Å². The Morgan fingerprint density at radius 3 is 2.38 bits per heavy atom. The number of hydrogen-bond donors (Lipinski definition) is 0. The third kappa shape index (κ3) is 1.50. The molecule has 0 radical (unpaired) electrons. The molecule has 3 nitrogen and oxygen atoms in total. The third-order valence-electron chi connectivity index (χ3n) is 3.06. The summed E-state index contributed by atoms with van der Waals surface area (Å²) in [6, 6.07) is 0.655. The summed E-state index contributed by atoms with van der Waals surface area (Å²) >= 11 is 6.08. The van der Waals surface area contributed by atoms with E-state index in [1.807, 2.05) is 4.90 Å². The Morgan fingerprint density at radius 2 is 1.92 bits per heavy atom. The average Bonchev–Trinajstić information content (AvgIpc) is 2.37. The second-order valence-electron chi connectivity index (χ2n) is 3.83. The van der Waals surface area contributed by atoms with Gasteiger partial charge in [0, 0.05) is 17.5 Å². The first-order valence-electron chi connectivity index (χ1n) is 4.72. The van der Waals surface area contributed by atoms with E-state index in [1.165, 1.54) is 7.11 Å². The Labute approximate surface area is 83.0 Å². The molecular formula is C9H14ClNO2. The largest absolute Gasteiger partial charge is 0.453 e. The summed E-state index contributed by atoms with van der Waals surface area (Å²) in [7, 11) is 1.44. The second-order valence-corrected chi connectivity index (χ2v) is 4.45. The number of hydrogen-bond acceptors (Lipinski definition) is 2. The Hall–Kier alpha value is -0.440. The molecule has 0 aliphatic carbocycles. The van der Waals surface area contributed by atoms with Crippen molar-refractivity contribution in [2.24, 2.45) is 0 Å². The van der Waals surface area contributed by atoms with Crippen molar-refractivity contribution in [2.45, 2.75) is 43.1 Å². The predicted molar refractivity (Wildman–Crippen MR) is 49.9 cm³/mol. The Bertz CT molecular complexity index is 208. The molecule has 2 heterocycles. The summed E-state index contributed by atoms with van der Waals surface area (Å²) in [4.78, 5) is 13.3. The van der Waals surface area contributed by atoms with E-state index >= 15 is 0 Å². The van der Waals surface area contributed by atoms with E-state index in [1.54, 1.807) is 0 Å². The van der Waals surface area contributed by atoms with E-state index in [9.17, 15) is 4.79 Å². The molecule has 0 aromatic heterocycles. The van der Waals surface area contributed by atoms with Crippen LogP contribution in [0.4, 0.5) is 4.79 Å². The molecule has 2 fully saturated rings. The monoisotopic (exact) mass is 203 g/mol. The maximum absolute atomic E-state index is 11.4. The number of piperidine rings is 1. The van der Waals surface area contributed by atoms with Crippen LogP contribution in [0.15, 0.2) is 0 Å². The van der Waals surface area contributed by atoms with E-state index in [0.717, 1.165) is 25.7 Å². The SMILES string of the molecule is COC(=O)N1C2CCC1CC(Cl)C2. The number of nitrogens with zero attached hydrogens (tertiary/aromatic N) is 1. The highest BCUT2D eigenvalue weighted by Gasteiger charge is 2.43. The summed E-state index contributed by atoms with van der Waals surface area (Å²) < 4.78 is 4.75. The summed E-state index contributed by atoms with van der Waals surface area (Å²) in [6.07, 6.45) is 3.84. The molecule has 0 aromatic rings. The number of halogens is 1. The van der Waals surface area contributed by atoms with Crippen molar-refractivity contribution in [1.82, 2.24) is 4.90 Å². The zero-order valence-electron chi connectivity index (χ0n) is 7.70. The van der Waals surface area contributed by atoms with Gasteiger partial charge in [0.15, 0.2) is 0 Å². The van der Waals surface area contributed by atoms with Gasteiger partial charge in [0.1, 0.15) is 0 Å². The topological polar surface area (TPSA) is 29.5 Å². The zero-order valence-corrected chi connectivity index (χ0v) is 8.46. The van der Waals surface area contributed by atoms with Crippen LogP contribution < -0.4 is 0 Å². The summed E-state index contributed by atoms with van der Waals surface area (Å²) in [6.45, 7) is 0. The van der Waals surface area contributed by atoms with Gasteiger partial charge in [-0.05, 0) is 25.7 Å². The molecule has 2 atom stereocenters. The molecule has 1 amide bonds. The van der Waals surface area contributed by atoms with E-state index in [2.05, 4.69) is 0 Å². The second kappa shape index (κ2) is 3.37. The Morgan fingerprint density at radius 1 is 1.38 bits per heavy atom. The van der Waals surface area contributed by atoms with Crippen LogP contribution in [-0.2, 0) is 4.74 Å². The lowest BCUT2D eigenvalue weighted by atomic mass is 10.0. The van der Waals surface area contributed by atoms with E-state index < -0.39 is 0 Å². The Balaban J connectivity index is 2.10. The summed E-state index contributed by atoms with van der Waals surface area (Å²) in [5.41, 5.74) is 0. The first-order chi connectivity index (χ1) is 6.22. The number of carbonyl (C=O) groups is 1. The van der Waals surface area contributed by atoms with Gasteiger partial charge in [-0.2, -0.15) is 0 Å². The molecule has 2 aliphatic rings. The highest BCUT2D eigenvalue weighted by molar-refractivity contribution is 6.20. The van der Waals surface area contributed by atoms with Gasteiger partial charge in [-0.15, -0.1) is 11.6 Å². The fourth-order valence-electron chi connectivity index (χ4n) is 2.51. The minimum Gasteiger partial charge on any atom is -0.453 e. The van der Waals surface area contributed by atoms with Crippen LogP contribution in [0.1, 0.15) is 25.7 Å². The van der Waals surface area contributed by atoms with Gasteiger partial charge in [-0.25, -0.2) is 4.79 Å². The third-order valence-corrected chi connectivity index (χ3v) is 3.42. The van der Waals surface area contributed by atoms with Crippen molar-refractivity contribution in [1.29, 1.82) is 0 Å². The van der Waals surface area contributed by atoms with E-state index in [4.69, 9.17) is 16.3 Å². The number of carbonyl (C=O) groups excluding carboxylic acids is 1. The van der Waals surface area contributed by atoms with Gasteiger partial charge in [0.25, 0.3) is 0 Å². The van der Waals surface area contributed by atoms with Crippen LogP contribution in [0, 0.1) is 0 Å². The first kappa shape index (κ1) is 9.13. The van der Waals surface area contributed by atoms with Gasteiger partial charge in [-0.3, -0.25) is 0 Å².